The fourth-order valence-electron chi connectivity index (χ4n) is 7.77. The summed E-state index contributed by atoms with van der Waals surface area (Å²) in [5, 5.41) is 0. The number of ether oxygens (including phenoxy) is 3. The van der Waals surface area contributed by atoms with E-state index in [9.17, 15) is 14.4 Å². The molecule has 0 atom stereocenters. The van der Waals surface area contributed by atoms with Gasteiger partial charge in [0, 0.05) is 70.2 Å². The molecule has 0 N–H and O–H groups in total. The Morgan fingerprint density at radius 2 is 0.600 bits per heavy atom. The number of esters is 3. The maximum absolute atomic E-state index is 13.2. The van der Waals surface area contributed by atoms with Gasteiger partial charge in [-0.25, -0.2) is 14.4 Å². The van der Waals surface area contributed by atoms with E-state index in [0.717, 1.165) is 44.9 Å². The number of benzene rings is 7. The molecule has 0 radical (unpaired) electrons. The van der Waals surface area contributed by atoms with Crippen LogP contribution in [0.25, 0.3) is 0 Å². The third kappa shape index (κ3) is 10.1. The first-order valence-electron chi connectivity index (χ1n) is 21.4. The highest BCUT2D eigenvalue weighted by molar-refractivity contribution is 5.93. The molecule has 0 saturated heterocycles. The summed E-state index contributed by atoms with van der Waals surface area (Å²) < 4.78 is 17.4. The lowest BCUT2D eigenvalue weighted by molar-refractivity contribution is 0.0725. The van der Waals surface area contributed by atoms with Crippen LogP contribution in [0.3, 0.4) is 0 Å². The van der Waals surface area contributed by atoms with Crippen molar-refractivity contribution in [3.63, 3.8) is 0 Å². The van der Waals surface area contributed by atoms with E-state index in [-0.39, 0.29) is 0 Å². The summed E-state index contributed by atoms with van der Waals surface area (Å²) in [6, 6.07) is 53.4. The summed E-state index contributed by atoms with van der Waals surface area (Å²) in [5.41, 5.74) is 8.12. The van der Waals surface area contributed by atoms with Crippen LogP contribution >= 0.6 is 0 Å². The van der Waals surface area contributed by atoms with Crippen molar-refractivity contribution in [1.82, 2.24) is 0 Å². The Bertz CT molecular complexity index is 2680. The van der Waals surface area contributed by atoms with Crippen LogP contribution in [0.2, 0.25) is 0 Å². The largest absolute Gasteiger partial charge is 0.423 e. The highest BCUT2D eigenvalue weighted by Crippen LogP contribution is 2.42. The smallest absolute Gasteiger partial charge is 0.343 e. The van der Waals surface area contributed by atoms with Crippen LogP contribution < -0.4 is 28.9 Å². The SMILES string of the molecule is CN(C)c1cccc(C(=O)Oc2ccc(C(C)(C)c3ccc(C(C)(c4ccc(OC(=O)c5cccc(N(C)C)c5)cc4)c4ccc(OC(=O)c5cccc(N(C)C)c5)cc4)cc3)cc2)c1. The minimum atomic E-state index is -0.689. The quantitative estimate of drug-likeness (QED) is 0.0602. The molecule has 0 aromatic heterocycles. The zero-order chi connectivity index (χ0) is 46.5. The van der Waals surface area contributed by atoms with E-state index in [1.807, 2.05) is 172 Å². The summed E-state index contributed by atoms with van der Waals surface area (Å²) in [6.07, 6.45) is 0. The van der Waals surface area contributed by atoms with Gasteiger partial charge in [0.1, 0.15) is 17.2 Å². The molecule has 0 amide bonds. The fourth-order valence-corrected chi connectivity index (χ4v) is 7.77. The van der Waals surface area contributed by atoms with Crippen LogP contribution in [0.15, 0.2) is 170 Å². The van der Waals surface area contributed by atoms with Crippen LogP contribution in [0.1, 0.15) is 79.7 Å². The number of hydrogen-bond donors (Lipinski definition) is 0. The average Bonchev–Trinajstić information content (AvgIpc) is 3.32. The molecule has 0 unspecified atom stereocenters. The molecule has 7 aromatic rings. The van der Waals surface area contributed by atoms with E-state index >= 15 is 0 Å². The number of anilines is 3. The van der Waals surface area contributed by atoms with Crippen molar-refractivity contribution in [2.75, 3.05) is 57.0 Å². The Balaban J connectivity index is 1.15. The molecule has 0 spiro atoms. The summed E-state index contributed by atoms with van der Waals surface area (Å²) in [6.45, 7) is 6.50. The second-order valence-corrected chi connectivity index (χ2v) is 17.4. The first kappa shape index (κ1) is 45.4. The molecule has 0 heterocycles. The minimum absolute atomic E-state index is 0.396. The molecule has 330 valence electrons. The maximum Gasteiger partial charge on any atom is 0.343 e. The van der Waals surface area contributed by atoms with Crippen molar-refractivity contribution in [3.05, 3.63) is 214 Å². The molecule has 9 heteroatoms. The fraction of sp³-hybridized carbons (Fsp3) is 0.196. The summed E-state index contributed by atoms with van der Waals surface area (Å²) >= 11 is 0. The third-order valence-corrected chi connectivity index (χ3v) is 12.0. The van der Waals surface area contributed by atoms with Gasteiger partial charge in [-0.1, -0.05) is 92.7 Å². The number of rotatable bonds is 14. The third-order valence-electron chi connectivity index (χ3n) is 12.0. The second kappa shape index (κ2) is 19.0. The van der Waals surface area contributed by atoms with Gasteiger partial charge in [0.2, 0.25) is 0 Å². The molecule has 9 nitrogen and oxygen atoms in total. The van der Waals surface area contributed by atoms with Gasteiger partial charge in [-0.2, -0.15) is 0 Å². The highest BCUT2D eigenvalue weighted by Gasteiger charge is 2.33. The van der Waals surface area contributed by atoms with E-state index < -0.39 is 28.7 Å². The molecule has 0 aliphatic carbocycles. The average molecular weight is 866 g/mol. The molecule has 0 aliphatic rings. The van der Waals surface area contributed by atoms with Crippen molar-refractivity contribution < 1.29 is 28.6 Å². The summed E-state index contributed by atoms with van der Waals surface area (Å²) in [5.74, 6) is 0.0174. The Morgan fingerprint density at radius 1 is 0.354 bits per heavy atom. The van der Waals surface area contributed by atoms with Crippen molar-refractivity contribution in [1.29, 1.82) is 0 Å². The normalized spacial score (nSPS) is 11.3. The lowest BCUT2D eigenvalue weighted by Crippen LogP contribution is -2.26. The summed E-state index contributed by atoms with van der Waals surface area (Å²) in [4.78, 5) is 45.3. The number of nitrogens with zero attached hydrogens (tertiary/aromatic N) is 3. The van der Waals surface area contributed by atoms with Gasteiger partial charge < -0.3 is 28.9 Å². The van der Waals surface area contributed by atoms with Gasteiger partial charge in [0.25, 0.3) is 0 Å². The zero-order valence-electron chi connectivity index (χ0n) is 38.5. The van der Waals surface area contributed by atoms with Gasteiger partial charge in [0.05, 0.1) is 16.7 Å². The molecule has 0 fully saturated rings. The van der Waals surface area contributed by atoms with E-state index in [0.29, 0.717) is 33.9 Å². The first-order valence-corrected chi connectivity index (χ1v) is 21.4. The molecule has 7 rings (SSSR count). The van der Waals surface area contributed by atoms with E-state index in [1.54, 1.807) is 30.3 Å². The van der Waals surface area contributed by atoms with Crippen molar-refractivity contribution in [3.8, 4) is 17.2 Å². The Hall–Kier alpha value is -7.65. The molecule has 0 saturated carbocycles. The zero-order valence-corrected chi connectivity index (χ0v) is 38.5. The molecule has 0 bridgehead atoms. The van der Waals surface area contributed by atoms with Crippen LogP contribution in [0.4, 0.5) is 17.1 Å². The molecule has 0 aliphatic heterocycles. The predicted octanol–water partition coefficient (Wildman–Crippen LogP) is 11.2. The number of carbonyl (C=O) groups is 3. The van der Waals surface area contributed by atoms with Gasteiger partial charge in [-0.3, -0.25) is 0 Å². The maximum atomic E-state index is 13.2. The van der Waals surface area contributed by atoms with Gasteiger partial charge in [-0.05, 0) is 126 Å². The standard InChI is InChI=1S/C56H55N3O6/c1-55(2,42-23-29-49(30-24-42)63-52(60)38-13-10-16-46(35-38)57(4)5)41-19-21-43(22-20-41)56(3,44-25-31-50(32-26-44)64-53(61)39-14-11-17-47(36-39)58(6)7)45-27-33-51(34-28-45)65-54(62)40-15-12-18-48(37-40)59(8)9/h10-37H,1-9H3. The van der Waals surface area contributed by atoms with Gasteiger partial charge in [-0.15, -0.1) is 0 Å². The molecular formula is C56H55N3O6. The summed E-state index contributed by atoms with van der Waals surface area (Å²) in [7, 11) is 11.6. The Kier molecular flexibility index (Phi) is 13.3. The van der Waals surface area contributed by atoms with E-state index in [2.05, 4.69) is 45.0 Å². The van der Waals surface area contributed by atoms with Crippen molar-refractivity contribution >= 4 is 35.0 Å². The van der Waals surface area contributed by atoms with Crippen LogP contribution in [0.5, 0.6) is 17.2 Å². The van der Waals surface area contributed by atoms with Crippen molar-refractivity contribution in [2.24, 2.45) is 0 Å². The Labute approximate surface area is 382 Å². The van der Waals surface area contributed by atoms with Crippen LogP contribution in [-0.4, -0.2) is 60.2 Å². The number of hydrogen-bond acceptors (Lipinski definition) is 9. The van der Waals surface area contributed by atoms with Crippen LogP contribution in [-0.2, 0) is 10.8 Å². The lowest BCUT2D eigenvalue weighted by atomic mass is 9.70. The topological polar surface area (TPSA) is 88.6 Å². The number of carbonyl (C=O) groups excluding carboxylic acids is 3. The molecule has 7 aromatic carbocycles. The monoisotopic (exact) mass is 865 g/mol. The van der Waals surface area contributed by atoms with E-state index in [4.69, 9.17) is 14.2 Å². The van der Waals surface area contributed by atoms with Gasteiger partial charge >= 0.3 is 17.9 Å². The van der Waals surface area contributed by atoms with Gasteiger partial charge in [0.15, 0.2) is 0 Å². The highest BCUT2D eigenvalue weighted by atomic mass is 16.5. The van der Waals surface area contributed by atoms with Crippen molar-refractivity contribution in [2.45, 2.75) is 31.6 Å². The first-order chi connectivity index (χ1) is 31.0. The van der Waals surface area contributed by atoms with Crippen LogP contribution in [0, 0.1) is 0 Å². The molecule has 65 heavy (non-hydrogen) atoms. The lowest BCUT2D eigenvalue weighted by Gasteiger charge is -2.33. The second-order valence-electron chi connectivity index (χ2n) is 17.4. The minimum Gasteiger partial charge on any atom is -0.423 e. The predicted molar refractivity (Wildman–Crippen MR) is 261 cm³/mol. The van der Waals surface area contributed by atoms with E-state index in [1.165, 1.54) is 0 Å². The Morgan fingerprint density at radius 3 is 0.877 bits per heavy atom. The molecular weight excluding hydrogens is 811 g/mol.